The van der Waals surface area contributed by atoms with E-state index >= 15 is 0 Å². The van der Waals surface area contributed by atoms with E-state index in [2.05, 4.69) is 21.7 Å². The molecule has 6 heteroatoms. The van der Waals surface area contributed by atoms with Gasteiger partial charge in [0.15, 0.2) is 11.0 Å². The van der Waals surface area contributed by atoms with Crippen molar-refractivity contribution in [1.82, 2.24) is 19.7 Å². The average molecular weight is 407 g/mol. The second-order valence-corrected chi connectivity index (χ2v) is 8.28. The number of carbonyl (C=O) groups excluding carboxylic acids is 1. The second kappa shape index (κ2) is 9.27. The van der Waals surface area contributed by atoms with Crippen molar-refractivity contribution >= 4 is 17.7 Å². The molecule has 5 nitrogen and oxygen atoms in total. The predicted octanol–water partition coefficient (Wildman–Crippen LogP) is 4.81. The van der Waals surface area contributed by atoms with E-state index in [0.717, 1.165) is 54.6 Å². The Balaban J connectivity index is 1.66. The van der Waals surface area contributed by atoms with Crippen LogP contribution in [0.5, 0.6) is 0 Å². The van der Waals surface area contributed by atoms with Crippen molar-refractivity contribution in [1.29, 1.82) is 0 Å². The molecule has 0 unspecified atom stereocenters. The number of hydrogen-bond donors (Lipinski definition) is 0. The van der Waals surface area contributed by atoms with Crippen molar-refractivity contribution in [3.63, 3.8) is 0 Å². The van der Waals surface area contributed by atoms with Gasteiger partial charge in [0.25, 0.3) is 0 Å². The van der Waals surface area contributed by atoms with Gasteiger partial charge in [0, 0.05) is 25.2 Å². The number of hydrogen-bond acceptors (Lipinski definition) is 4. The zero-order valence-electron chi connectivity index (χ0n) is 16.7. The summed E-state index contributed by atoms with van der Waals surface area (Å²) in [6, 6.07) is 20.1. The van der Waals surface area contributed by atoms with Crippen molar-refractivity contribution in [2.45, 2.75) is 43.1 Å². The topological polar surface area (TPSA) is 51.0 Å². The zero-order chi connectivity index (χ0) is 20.1. The van der Waals surface area contributed by atoms with Crippen LogP contribution in [0.2, 0.25) is 0 Å². The molecule has 0 aliphatic carbocycles. The number of piperidine rings is 1. The third-order valence-corrected chi connectivity index (χ3v) is 6.51. The molecule has 2 heterocycles. The smallest absolute Gasteiger partial charge is 0.240 e. The summed E-state index contributed by atoms with van der Waals surface area (Å²) in [5.74, 6) is 1.01. The van der Waals surface area contributed by atoms with E-state index in [0.29, 0.717) is 0 Å². The number of amides is 1. The molecule has 4 rings (SSSR count). The normalized spacial score (nSPS) is 15.3. The SMILES string of the molecule is CCn1c(S[C@@H](C(=O)N2CCCCC2)c2ccccc2)nnc1-c1ccccc1. The quantitative estimate of drug-likeness (QED) is 0.551. The minimum atomic E-state index is -0.313. The molecule has 1 amide bonds. The van der Waals surface area contributed by atoms with Crippen LogP contribution in [0.3, 0.4) is 0 Å². The lowest BCUT2D eigenvalue weighted by molar-refractivity contribution is -0.131. The number of benzene rings is 2. The van der Waals surface area contributed by atoms with E-state index in [-0.39, 0.29) is 11.2 Å². The van der Waals surface area contributed by atoms with Crippen LogP contribution < -0.4 is 0 Å². The summed E-state index contributed by atoms with van der Waals surface area (Å²) in [7, 11) is 0. The molecular weight excluding hydrogens is 380 g/mol. The maximum absolute atomic E-state index is 13.4. The van der Waals surface area contributed by atoms with Gasteiger partial charge in [-0.05, 0) is 31.7 Å². The molecule has 1 aliphatic heterocycles. The summed E-state index contributed by atoms with van der Waals surface area (Å²) < 4.78 is 2.10. The predicted molar refractivity (Wildman–Crippen MR) is 117 cm³/mol. The van der Waals surface area contributed by atoms with Gasteiger partial charge >= 0.3 is 0 Å². The number of rotatable bonds is 6. The lowest BCUT2D eigenvalue weighted by atomic mass is 10.1. The van der Waals surface area contributed by atoms with Crippen LogP contribution in [0, 0.1) is 0 Å². The Morgan fingerprint density at radius 1 is 0.966 bits per heavy atom. The molecule has 29 heavy (non-hydrogen) atoms. The number of nitrogens with zero attached hydrogens (tertiary/aromatic N) is 4. The van der Waals surface area contributed by atoms with Gasteiger partial charge in [-0.3, -0.25) is 4.79 Å². The van der Waals surface area contributed by atoms with Crippen molar-refractivity contribution < 1.29 is 4.79 Å². The van der Waals surface area contributed by atoms with Crippen molar-refractivity contribution in [2.24, 2.45) is 0 Å². The fourth-order valence-corrected chi connectivity index (χ4v) is 4.92. The fraction of sp³-hybridized carbons (Fsp3) is 0.348. The van der Waals surface area contributed by atoms with Crippen molar-refractivity contribution in [3.8, 4) is 11.4 Å². The molecule has 0 radical (unpaired) electrons. The highest BCUT2D eigenvalue weighted by molar-refractivity contribution is 8.00. The molecule has 150 valence electrons. The summed E-state index contributed by atoms with van der Waals surface area (Å²) in [6.45, 7) is 4.53. The van der Waals surface area contributed by atoms with E-state index < -0.39 is 0 Å². The van der Waals surface area contributed by atoms with Crippen LogP contribution in [0.15, 0.2) is 65.8 Å². The van der Waals surface area contributed by atoms with E-state index in [1.54, 1.807) is 0 Å². The number of thioether (sulfide) groups is 1. The first-order valence-corrected chi connectivity index (χ1v) is 11.1. The standard InChI is InChI=1S/C23H26N4OS/c1-2-27-21(19-14-8-4-9-15-19)24-25-23(27)29-20(18-12-6-3-7-13-18)22(28)26-16-10-5-11-17-26/h3-4,6-9,12-15,20H,2,5,10-11,16-17H2,1H3/t20-/m1/s1. The molecule has 3 aromatic rings. The lowest BCUT2D eigenvalue weighted by Crippen LogP contribution is -2.38. The molecule has 0 N–H and O–H groups in total. The Labute approximate surface area is 176 Å². The first kappa shape index (κ1) is 19.7. The highest BCUT2D eigenvalue weighted by Gasteiger charge is 2.30. The number of aromatic nitrogens is 3. The monoisotopic (exact) mass is 406 g/mol. The Morgan fingerprint density at radius 3 is 2.28 bits per heavy atom. The molecule has 2 aromatic carbocycles. The second-order valence-electron chi connectivity index (χ2n) is 7.21. The Hall–Kier alpha value is -2.60. The first-order chi connectivity index (χ1) is 14.3. The molecule has 0 spiro atoms. The number of carbonyl (C=O) groups is 1. The summed E-state index contributed by atoms with van der Waals surface area (Å²) in [6.07, 6.45) is 3.37. The van der Waals surface area contributed by atoms with Gasteiger partial charge in [-0.1, -0.05) is 72.4 Å². The maximum Gasteiger partial charge on any atom is 0.240 e. The van der Waals surface area contributed by atoms with Crippen molar-refractivity contribution in [3.05, 3.63) is 66.2 Å². The van der Waals surface area contributed by atoms with Gasteiger partial charge in [-0.15, -0.1) is 10.2 Å². The van der Waals surface area contributed by atoms with Crippen LogP contribution in [0.1, 0.15) is 37.0 Å². The summed E-state index contributed by atoms with van der Waals surface area (Å²) in [4.78, 5) is 15.4. The Kier molecular flexibility index (Phi) is 6.30. The van der Waals surface area contributed by atoms with Gasteiger partial charge in [0.2, 0.25) is 5.91 Å². The average Bonchev–Trinajstić information content (AvgIpc) is 3.21. The molecule has 1 fully saturated rings. The Morgan fingerprint density at radius 2 is 1.62 bits per heavy atom. The van der Waals surface area contributed by atoms with Crippen LogP contribution in [0.4, 0.5) is 0 Å². The summed E-state index contributed by atoms with van der Waals surface area (Å²) >= 11 is 1.51. The Bertz CT molecular complexity index is 936. The molecule has 0 saturated carbocycles. The lowest BCUT2D eigenvalue weighted by Gasteiger charge is -2.30. The van der Waals surface area contributed by atoms with E-state index in [9.17, 15) is 4.79 Å². The largest absolute Gasteiger partial charge is 0.341 e. The highest BCUT2D eigenvalue weighted by Crippen LogP contribution is 2.37. The maximum atomic E-state index is 13.4. The van der Waals surface area contributed by atoms with Crippen LogP contribution in [0.25, 0.3) is 11.4 Å². The van der Waals surface area contributed by atoms with Crippen LogP contribution in [-0.4, -0.2) is 38.7 Å². The molecule has 0 bridgehead atoms. The minimum Gasteiger partial charge on any atom is -0.341 e. The molecule has 1 atom stereocenters. The third kappa shape index (κ3) is 4.37. The number of likely N-dealkylation sites (tertiary alicyclic amines) is 1. The summed E-state index contributed by atoms with van der Waals surface area (Å²) in [5.41, 5.74) is 2.05. The van der Waals surface area contributed by atoms with Crippen molar-refractivity contribution in [2.75, 3.05) is 13.1 Å². The molecular formula is C23H26N4OS. The zero-order valence-corrected chi connectivity index (χ0v) is 17.5. The van der Waals surface area contributed by atoms with E-state index in [4.69, 9.17) is 0 Å². The van der Waals surface area contributed by atoms with E-state index in [1.807, 2.05) is 65.6 Å². The molecule has 1 aromatic heterocycles. The van der Waals surface area contributed by atoms with Crippen LogP contribution in [-0.2, 0) is 11.3 Å². The summed E-state index contributed by atoms with van der Waals surface area (Å²) in [5, 5.41) is 9.37. The van der Waals surface area contributed by atoms with Crippen LogP contribution >= 0.6 is 11.8 Å². The fourth-order valence-electron chi connectivity index (χ4n) is 3.74. The van der Waals surface area contributed by atoms with Gasteiger partial charge < -0.3 is 9.47 Å². The van der Waals surface area contributed by atoms with Gasteiger partial charge in [0.05, 0.1) is 0 Å². The van der Waals surface area contributed by atoms with Gasteiger partial charge in [-0.25, -0.2) is 0 Å². The van der Waals surface area contributed by atoms with Gasteiger partial charge in [-0.2, -0.15) is 0 Å². The van der Waals surface area contributed by atoms with Gasteiger partial charge in [0.1, 0.15) is 5.25 Å². The molecule has 1 aliphatic rings. The molecule has 1 saturated heterocycles. The van der Waals surface area contributed by atoms with E-state index in [1.165, 1.54) is 18.2 Å². The highest BCUT2D eigenvalue weighted by atomic mass is 32.2. The third-order valence-electron chi connectivity index (χ3n) is 5.28. The minimum absolute atomic E-state index is 0.174. The first-order valence-electron chi connectivity index (χ1n) is 10.3.